The van der Waals surface area contributed by atoms with Gasteiger partial charge in [-0.2, -0.15) is 0 Å². The quantitative estimate of drug-likeness (QED) is 0.902. The Hall–Kier alpha value is -2.50. The third kappa shape index (κ3) is 3.16. The lowest BCUT2D eigenvalue weighted by Crippen LogP contribution is -2.05. The summed E-state index contributed by atoms with van der Waals surface area (Å²) in [4.78, 5) is 15.2. The molecule has 6 heteroatoms. The van der Waals surface area contributed by atoms with Crippen LogP contribution in [-0.2, 0) is 6.42 Å². The van der Waals surface area contributed by atoms with Crippen LogP contribution in [0, 0.1) is 18.6 Å². The van der Waals surface area contributed by atoms with Crippen molar-refractivity contribution < 1.29 is 18.7 Å². The molecule has 2 rings (SSSR count). The van der Waals surface area contributed by atoms with E-state index in [0.29, 0.717) is 12.1 Å². The lowest BCUT2D eigenvalue weighted by molar-refractivity contribution is 0.0696. The number of halogens is 2. The highest BCUT2D eigenvalue weighted by molar-refractivity contribution is 5.88. The van der Waals surface area contributed by atoms with Gasteiger partial charge in [-0.1, -0.05) is 13.0 Å². The average Bonchev–Trinajstić information content (AvgIpc) is 2.47. The highest BCUT2D eigenvalue weighted by Gasteiger charge is 2.14. The van der Waals surface area contributed by atoms with Crippen LogP contribution in [0.5, 0.6) is 0 Å². The number of anilines is 2. The van der Waals surface area contributed by atoms with Crippen molar-refractivity contribution in [1.82, 2.24) is 4.98 Å². The molecule has 2 N–H and O–H groups in total. The number of pyridine rings is 1. The molecule has 0 aliphatic rings. The number of aromatic nitrogens is 1. The van der Waals surface area contributed by atoms with Crippen LogP contribution in [-0.4, -0.2) is 16.1 Å². The van der Waals surface area contributed by atoms with Crippen molar-refractivity contribution in [3.8, 4) is 0 Å². The van der Waals surface area contributed by atoms with Crippen LogP contribution in [0.2, 0.25) is 0 Å². The largest absolute Gasteiger partial charge is 0.478 e. The molecule has 21 heavy (non-hydrogen) atoms. The number of aromatic carboxylic acids is 1. The fraction of sp³-hybridized carbons (Fsp3) is 0.200. The van der Waals surface area contributed by atoms with E-state index in [2.05, 4.69) is 10.3 Å². The third-order valence-electron chi connectivity index (χ3n) is 3.02. The Balaban J connectivity index is 2.47. The van der Waals surface area contributed by atoms with Gasteiger partial charge in [-0.15, -0.1) is 0 Å². The molecule has 0 aliphatic heterocycles. The molecule has 0 saturated heterocycles. The highest BCUT2D eigenvalue weighted by Crippen LogP contribution is 2.25. The van der Waals surface area contributed by atoms with E-state index in [1.165, 1.54) is 25.1 Å². The summed E-state index contributed by atoms with van der Waals surface area (Å²) in [5.74, 6) is -2.52. The van der Waals surface area contributed by atoms with E-state index in [1.807, 2.05) is 6.92 Å². The molecule has 0 unspecified atom stereocenters. The van der Waals surface area contributed by atoms with Crippen molar-refractivity contribution in [3.63, 3.8) is 0 Å². The third-order valence-corrected chi connectivity index (χ3v) is 3.02. The van der Waals surface area contributed by atoms with E-state index in [4.69, 9.17) is 5.11 Å². The Morgan fingerprint density at radius 1 is 1.33 bits per heavy atom. The Morgan fingerprint density at radius 3 is 2.67 bits per heavy atom. The number of nitrogens with one attached hydrogen (secondary N) is 1. The maximum Gasteiger partial charge on any atom is 0.335 e. The van der Waals surface area contributed by atoms with Gasteiger partial charge >= 0.3 is 5.97 Å². The number of nitrogens with zero attached hydrogens (tertiary/aromatic N) is 1. The first-order valence-electron chi connectivity index (χ1n) is 6.38. The van der Waals surface area contributed by atoms with E-state index in [-0.39, 0.29) is 22.6 Å². The molecular weight excluding hydrogens is 278 g/mol. The normalized spacial score (nSPS) is 10.5. The smallest absolute Gasteiger partial charge is 0.335 e. The van der Waals surface area contributed by atoms with E-state index < -0.39 is 17.6 Å². The minimum absolute atomic E-state index is 0.0119. The summed E-state index contributed by atoms with van der Waals surface area (Å²) in [5, 5.41) is 11.6. The minimum Gasteiger partial charge on any atom is -0.478 e. The van der Waals surface area contributed by atoms with Crippen molar-refractivity contribution in [2.75, 3.05) is 5.32 Å². The zero-order chi connectivity index (χ0) is 15.6. The molecule has 0 bridgehead atoms. The molecule has 0 atom stereocenters. The van der Waals surface area contributed by atoms with E-state index in [9.17, 15) is 13.6 Å². The molecule has 0 amide bonds. The molecule has 1 heterocycles. The van der Waals surface area contributed by atoms with Crippen LogP contribution in [0.1, 0.15) is 28.5 Å². The molecule has 0 aliphatic carbocycles. The molecule has 1 aromatic heterocycles. The highest BCUT2D eigenvalue weighted by atomic mass is 19.1. The van der Waals surface area contributed by atoms with Gasteiger partial charge in [0, 0.05) is 5.69 Å². The van der Waals surface area contributed by atoms with Gasteiger partial charge in [-0.3, -0.25) is 0 Å². The van der Waals surface area contributed by atoms with Gasteiger partial charge in [-0.05, 0) is 37.1 Å². The zero-order valence-electron chi connectivity index (χ0n) is 11.6. The van der Waals surface area contributed by atoms with Crippen molar-refractivity contribution >= 4 is 17.5 Å². The number of aryl methyl sites for hydroxylation is 2. The maximum atomic E-state index is 13.9. The predicted molar refractivity (Wildman–Crippen MR) is 75.0 cm³/mol. The fourth-order valence-electron chi connectivity index (χ4n) is 1.86. The fourth-order valence-corrected chi connectivity index (χ4v) is 1.86. The Morgan fingerprint density at radius 2 is 2.05 bits per heavy atom. The van der Waals surface area contributed by atoms with Crippen molar-refractivity contribution in [3.05, 3.63) is 52.7 Å². The molecule has 4 nitrogen and oxygen atoms in total. The zero-order valence-corrected chi connectivity index (χ0v) is 11.6. The van der Waals surface area contributed by atoms with Crippen molar-refractivity contribution in [2.45, 2.75) is 20.3 Å². The molecule has 0 saturated carbocycles. The lowest BCUT2D eigenvalue weighted by Gasteiger charge is -2.11. The second-order valence-corrected chi connectivity index (χ2v) is 4.57. The van der Waals surface area contributed by atoms with E-state index in [1.54, 1.807) is 0 Å². The predicted octanol–water partition coefficient (Wildman–Crippen LogP) is 3.67. The number of carbonyl (C=O) groups is 1. The monoisotopic (exact) mass is 292 g/mol. The first kappa shape index (κ1) is 14.9. The summed E-state index contributed by atoms with van der Waals surface area (Å²) in [6.07, 6.45) is 0.509. The molecule has 0 spiro atoms. The number of carboxylic acid groups (broad SMARTS) is 1. The van der Waals surface area contributed by atoms with Crippen LogP contribution in [0.3, 0.4) is 0 Å². The number of hydrogen-bond donors (Lipinski definition) is 2. The second-order valence-electron chi connectivity index (χ2n) is 4.57. The topological polar surface area (TPSA) is 62.2 Å². The van der Waals surface area contributed by atoms with Crippen LogP contribution in [0.15, 0.2) is 24.3 Å². The first-order valence-corrected chi connectivity index (χ1v) is 6.38. The van der Waals surface area contributed by atoms with Gasteiger partial charge in [0.2, 0.25) is 0 Å². The standard InChI is InChI=1S/C15H14F2N2O2/c1-3-10-6-9(15(20)21)7-12(18-10)19-14-11(16)5-4-8(2)13(14)17/h4-7H,3H2,1-2H3,(H,18,19)(H,20,21). The lowest BCUT2D eigenvalue weighted by atomic mass is 10.1. The van der Waals surface area contributed by atoms with E-state index in [0.717, 1.165) is 6.07 Å². The van der Waals surface area contributed by atoms with Gasteiger partial charge < -0.3 is 10.4 Å². The first-order chi connectivity index (χ1) is 9.92. The Labute approximate surface area is 120 Å². The summed E-state index contributed by atoms with van der Waals surface area (Å²) in [7, 11) is 0. The van der Waals surface area contributed by atoms with Crippen molar-refractivity contribution in [1.29, 1.82) is 0 Å². The number of rotatable bonds is 4. The molecule has 0 fully saturated rings. The van der Waals surface area contributed by atoms with Gasteiger partial charge in [0.05, 0.1) is 5.56 Å². The summed E-state index contributed by atoms with van der Waals surface area (Å²) in [6, 6.07) is 5.14. The SMILES string of the molecule is CCc1cc(C(=O)O)cc(Nc2c(F)ccc(C)c2F)n1. The summed E-state index contributed by atoms with van der Waals surface area (Å²) in [6.45, 7) is 3.32. The average molecular weight is 292 g/mol. The van der Waals surface area contributed by atoms with Gasteiger partial charge in [0.25, 0.3) is 0 Å². The Kier molecular flexibility index (Phi) is 4.16. The molecular formula is C15H14F2N2O2. The molecule has 1 aromatic carbocycles. The second kappa shape index (κ2) is 5.87. The summed E-state index contributed by atoms with van der Waals surface area (Å²) < 4.78 is 27.7. The van der Waals surface area contributed by atoms with Gasteiger partial charge in [-0.25, -0.2) is 18.6 Å². The van der Waals surface area contributed by atoms with Crippen LogP contribution < -0.4 is 5.32 Å². The summed E-state index contributed by atoms with van der Waals surface area (Å²) in [5.41, 5.74) is 0.472. The van der Waals surface area contributed by atoms with E-state index >= 15 is 0 Å². The summed E-state index contributed by atoms with van der Waals surface area (Å²) >= 11 is 0. The van der Waals surface area contributed by atoms with Gasteiger partial charge in [0.15, 0.2) is 5.82 Å². The molecule has 2 aromatic rings. The number of benzene rings is 1. The van der Waals surface area contributed by atoms with Gasteiger partial charge in [0.1, 0.15) is 17.3 Å². The van der Waals surface area contributed by atoms with Crippen LogP contribution in [0.25, 0.3) is 0 Å². The molecule has 110 valence electrons. The number of hydrogen-bond acceptors (Lipinski definition) is 3. The molecule has 0 radical (unpaired) electrons. The van der Waals surface area contributed by atoms with Crippen molar-refractivity contribution in [2.24, 2.45) is 0 Å². The van der Waals surface area contributed by atoms with Crippen LogP contribution in [0.4, 0.5) is 20.3 Å². The Bertz CT molecular complexity index is 702. The number of carboxylic acids is 1. The maximum absolute atomic E-state index is 13.9. The van der Waals surface area contributed by atoms with Crippen LogP contribution >= 0.6 is 0 Å². The minimum atomic E-state index is -1.12.